The SMILES string of the molecule is Cc1ccc(C(=O)N2CCCc3ncccc32)cc1-n1cccc1. The molecule has 1 aromatic carbocycles. The summed E-state index contributed by atoms with van der Waals surface area (Å²) in [7, 11) is 0. The van der Waals surface area contributed by atoms with E-state index >= 15 is 0 Å². The summed E-state index contributed by atoms with van der Waals surface area (Å²) in [5.41, 5.74) is 4.84. The van der Waals surface area contributed by atoms with Crippen molar-refractivity contribution in [3.63, 3.8) is 0 Å². The van der Waals surface area contributed by atoms with Crippen LogP contribution < -0.4 is 4.90 Å². The number of rotatable bonds is 2. The highest BCUT2D eigenvalue weighted by molar-refractivity contribution is 6.07. The lowest BCUT2D eigenvalue weighted by Crippen LogP contribution is -2.35. The summed E-state index contributed by atoms with van der Waals surface area (Å²) < 4.78 is 2.04. The molecule has 0 radical (unpaired) electrons. The minimum absolute atomic E-state index is 0.0392. The average Bonchev–Trinajstić information content (AvgIpc) is 3.15. The number of fused-ring (bicyclic) bond motifs is 1. The van der Waals surface area contributed by atoms with Crippen molar-refractivity contribution in [1.29, 1.82) is 0 Å². The molecule has 4 rings (SSSR count). The van der Waals surface area contributed by atoms with Gasteiger partial charge in [-0.15, -0.1) is 0 Å². The average molecular weight is 317 g/mol. The van der Waals surface area contributed by atoms with Gasteiger partial charge in [-0.2, -0.15) is 0 Å². The maximum absolute atomic E-state index is 13.1. The Labute approximate surface area is 141 Å². The standard InChI is InChI=1S/C20H19N3O/c1-15-8-9-16(14-19(15)22-11-2-3-12-22)20(24)23-13-5-6-17-18(23)7-4-10-21-17/h2-4,7-12,14H,5-6,13H2,1H3. The number of amides is 1. The van der Waals surface area contributed by atoms with Gasteiger partial charge in [0.05, 0.1) is 11.4 Å². The van der Waals surface area contributed by atoms with Crippen molar-refractivity contribution in [3.8, 4) is 5.69 Å². The van der Waals surface area contributed by atoms with Crippen LogP contribution in [0.15, 0.2) is 61.1 Å². The van der Waals surface area contributed by atoms with E-state index in [9.17, 15) is 4.79 Å². The number of anilines is 1. The first kappa shape index (κ1) is 14.7. The molecule has 2 aromatic heterocycles. The Balaban J connectivity index is 1.73. The number of hydrogen-bond acceptors (Lipinski definition) is 2. The van der Waals surface area contributed by atoms with Gasteiger partial charge in [0.1, 0.15) is 0 Å². The Bertz CT molecular complexity index is 884. The molecule has 0 aliphatic carbocycles. The van der Waals surface area contributed by atoms with E-state index in [0.717, 1.165) is 42.0 Å². The second kappa shape index (κ2) is 5.96. The highest BCUT2D eigenvalue weighted by Gasteiger charge is 2.24. The van der Waals surface area contributed by atoms with Crippen LogP contribution in [0, 0.1) is 6.92 Å². The van der Waals surface area contributed by atoms with Crippen LogP contribution in [0.1, 0.15) is 28.0 Å². The van der Waals surface area contributed by atoms with Crippen molar-refractivity contribution in [3.05, 3.63) is 77.9 Å². The monoisotopic (exact) mass is 317 g/mol. The normalized spacial score (nSPS) is 13.6. The number of carbonyl (C=O) groups excluding carboxylic acids is 1. The molecule has 1 aliphatic rings. The zero-order valence-electron chi connectivity index (χ0n) is 13.6. The van der Waals surface area contributed by atoms with Gasteiger partial charge in [-0.05, 0) is 61.7 Å². The molecule has 24 heavy (non-hydrogen) atoms. The minimum Gasteiger partial charge on any atom is -0.324 e. The highest BCUT2D eigenvalue weighted by atomic mass is 16.2. The van der Waals surface area contributed by atoms with E-state index in [-0.39, 0.29) is 5.91 Å². The first-order valence-corrected chi connectivity index (χ1v) is 8.24. The summed E-state index contributed by atoms with van der Waals surface area (Å²) in [5.74, 6) is 0.0392. The summed E-state index contributed by atoms with van der Waals surface area (Å²) in [6, 6.07) is 13.8. The molecule has 3 heterocycles. The summed E-state index contributed by atoms with van der Waals surface area (Å²) >= 11 is 0. The second-order valence-electron chi connectivity index (χ2n) is 6.12. The largest absolute Gasteiger partial charge is 0.324 e. The van der Waals surface area contributed by atoms with E-state index in [4.69, 9.17) is 0 Å². The molecule has 1 amide bonds. The van der Waals surface area contributed by atoms with Gasteiger partial charge in [0.15, 0.2) is 0 Å². The fourth-order valence-corrected chi connectivity index (χ4v) is 3.28. The summed E-state index contributed by atoms with van der Waals surface area (Å²) in [6.45, 7) is 2.80. The highest BCUT2D eigenvalue weighted by Crippen LogP contribution is 2.27. The molecule has 0 N–H and O–H groups in total. The molecule has 4 nitrogen and oxygen atoms in total. The zero-order valence-corrected chi connectivity index (χ0v) is 13.6. The van der Waals surface area contributed by atoms with Gasteiger partial charge in [-0.25, -0.2) is 0 Å². The van der Waals surface area contributed by atoms with Crippen molar-refractivity contribution in [2.75, 3.05) is 11.4 Å². The Kier molecular flexibility index (Phi) is 3.65. The van der Waals surface area contributed by atoms with E-state index in [1.54, 1.807) is 6.20 Å². The maximum Gasteiger partial charge on any atom is 0.258 e. The lowest BCUT2D eigenvalue weighted by Gasteiger charge is -2.29. The predicted molar refractivity (Wildman–Crippen MR) is 94.7 cm³/mol. The molecule has 0 saturated heterocycles. The van der Waals surface area contributed by atoms with Crippen molar-refractivity contribution in [2.24, 2.45) is 0 Å². The zero-order chi connectivity index (χ0) is 16.5. The molecule has 120 valence electrons. The van der Waals surface area contributed by atoms with E-state index in [2.05, 4.69) is 11.9 Å². The number of benzene rings is 1. The Morgan fingerprint density at radius 3 is 2.75 bits per heavy atom. The molecule has 0 unspecified atom stereocenters. The van der Waals surface area contributed by atoms with Crippen molar-refractivity contribution < 1.29 is 4.79 Å². The van der Waals surface area contributed by atoms with Crippen LogP contribution in [0.2, 0.25) is 0 Å². The number of hydrogen-bond donors (Lipinski definition) is 0. The lowest BCUT2D eigenvalue weighted by atomic mass is 10.0. The van der Waals surface area contributed by atoms with E-state index in [1.807, 2.05) is 64.3 Å². The van der Waals surface area contributed by atoms with Gasteiger partial charge in [-0.1, -0.05) is 6.07 Å². The molecule has 3 aromatic rings. The summed E-state index contributed by atoms with van der Waals surface area (Å²) in [4.78, 5) is 19.4. The molecule has 0 spiro atoms. The Morgan fingerprint density at radius 2 is 1.92 bits per heavy atom. The van der Waals surface area contributed by atoms with Crippen molar-refractivity contribution in [1.82, 2.24) is 9.55 Å². The van der Waals surface area contributed by atoms with Crippen molar-refractivity contribution >= 4 is 11.6 Å². The van der Waals surface area contributed by atoms with Crippen LogP contribution in [0.5, 0.6) is 0 Å². The van der Waals surface area contributed by atoms with Crippen LogP contribution in [-0.4, -0.2) is 22.0 Å². The Morgan fingerprint density at radius 1 is 1.08 bits per heavy atom. The molecular weight excluding hydrogens is 298 g/mol. The van der Waals surface area contributed by atoms with Crippen molar-refractivity contribution in [2.45, 2.75) is 19.8 Å². The van der Waals surface area contributed by atoms with Gasteiger partial charge >= 0.3 is 0 Å². The fourth-order valence-electron chi connectivity index (χ4n) is 3.28. The van der Waals surface area contributed by atoms with Crippen LogP contribution in [0.3, 0.4) is 0 Å². The van der Waals surface area contributed by atoms with Crippen LogP contribution in [0.25, 0.3) is 5.69 Å². The molecule has 0 atom stereocenters. The van der Waals surface area contributed by atoms with Crippen LogP contribution >= 0.6 is 0 Å². The number of nitrogens with zero attached hydrogens (tertiary/aromatic N) is 3. The molecular formula is C20H19N3O. The van der Waals surface area contributed by atoms with Crippen LogP contribution in [-0.2, 0) is 6.42 Å². The third kappa shape index (κ3) is 2.50. The first-order chi connectivity index (χ1) is 11.7. The fraction of sp³-hybridized carbons (Fsp3) is 0.200. The third-order valence-corrected chi connectivity index (χ3v) is 4.54. The van der Waals surface area contributed by atoms with E-state index < -0.39 is 0 Å². The van der Waals surface area contributed by atoms with Gasteiger partial charge < -0.3 is 9.47 Å². The number of carbonyl (C=O) groups is 1. The molecule has 1 aliphatic heterocycles. The number of aryl methyl sites for hydroxylation is 2. The quantitative estimate of drug-likeness (QED) is 0.721. The van der Waals surface area contributed by atoms with E-state index in [0.29, 0.717) is 5.56 Å². The molecule has 0 saturated carbocycles. The number of pyridine rings is 1. The first-order valence-electron chi connectivity index (χ1n) is 8.24. The van der Waals surface area contributed by atoms with Gasteiger partial charge in [0.25, 0.3) is 5.91 Å². The maximum atomic E-state index is 13.1. The van der Waals surface area contributed by atoms with Gasteiger partial charge in [0, 0.05) is 36.4 Å². The summed E-state index contributed by atoms with van der Waals surface area (Å²) in [5, 5.41) is 0. The topological polar surface area (TPSA) is 38.1 Å². The van der Waals surface area contributed by atoms with Gasteiger partial charge in [-0.3, -0.25) is 9.78 Å². The minimum atomic E-state index is 0.0392. The molecule has 0 bridgehead atoms. The smallest absolute Gasteiger partial charge is 0.258 e. The molecule has 0 fully saturated rings. The summed E-state index contributed by atoms with van der Waals surface area (Å²) in [6.07, 6.45) is 7.67. The van der Waals surface area contributed by atoms with Gasteiger partial charge in [0.2, 0.25) is 0 Å². The molecule has 4 heteroatoms. The van der Waals surface area contributed by atoms with E-state index in [1.165, 1.54) is 0 Å². The third-order valence-electron chi connectivity index (χ3n) is 4.54. The lowest BCUT2D eigenvalue weighted by molar-refractivity contribution is 0.0985. The number of aromatic nitrogens is 2. The van der Waals surface area contributed by atoms with Crippen LogP contribution in [0.4, 0.5) is 5.69 Å². The predicted octanol–water partition coefficient (Wildman–Crippen LogP) is 3.77. The Hall–Kier alpha value is -2.88. The second-order valence-corrected chi connectivity index (χ2v) is 6.12.